The van der Waals surface area contributed by atoms with E-state index in [-0.39, 0.29) is 18.5 Å². The molecule has 3 aromatic carbocycles. The molecule has 0 spiro atoms. The molecule has 6 nitrogen and oxygen atoms in total. The topological polar surface area (TPSA) is 51.2 Å². The van der Waals surface area contributed by atoms with Crippen LogP contribution < -0.4 is 14.4 Å². The Hall–Kier alpha value is -4.32. The van der Waals surface area contributed by atoms with E-state index in [4.69, 9.17) is 14.3 Å². The van der Waals surface area contributed by atoms with Crippen molar-refractivity contribution in [2.24, 2.45) is 0 Å². The summed E-state index contributed by atoms with van der Waals surface area (Å²) in [7, 11) is 3.16. The van der Waals surface area contributed by atoms with Gasteiger partial charge in [0, 0.05) is 17.0 Å². The Morgan fingerprint density at radius 1 is 0.923 bits per heavy atom. The van der Waals surface area contributed by atoms with Crippen molar-refractivity contribution in [1.82, 2.24) is 5.06 Å². The summed E-state index contributed by atoms with van der Waals surface area (Å²) in [5, 5.41) is 1.35. The number of anilines is 1. The van der Waals surface area contributed by atoms with E-state index in [2.05, 4.69) is 11.8 Å². The van der Waals surface area contributed by atoms with E-state index in [1.54, 1.807) is 48.7 Å². The number of hydrogen-bond acceptors (Lipinski definition) is 5. The average molecular weight is 543 g/mol. The van der Waals surface area contributed by atoms with Crippen LogP contribution in [0.25, 0.3) is 0 Å². The second kappa shape index (κ2) is 12.0. The van der Waals surface area contributed by atoms with Crippen LogP contribution in [0.2, 0.25) is 0 Å². The standard InChI is InChI=1S/C31H27FN2O4S/c1-36-29-17-10-23(19-30(29)37-2)21-38-34-26(20-33(31(34)35)25-6-4-3-5-7-25)13-14-27-15-16-28(39-27)18-22-8-11-24(32)12-9-22/h3-12,15-17,19,26H,18,20-21H2,1-2H3. The number of amides is 2. The van der Waals surface area contributed by atoms with Crippen molar-refractivity contribution in [3.05, 3.63) is 112 Å². The molecule has 0 N–H and O–H groups in total. The summed E-state index contributed by atoms with van der Waals surface area (Å²) in [5.41, 5.74) is 2.64. The van der Waals surface area contributed by atoms with E-state index in [1.807, 2.05) is 54.6 Å². The van der Waals surface area contributed by atoms with Crippen LogP contribution in [0.4, 0.5) is 14.9 Å². The summed E-state index contributed by atoms with van der Waals surface area (Å²) in [6, 6.07) is 24.7. The number of thiophene rings is 1. The highest BCUT2D eigenvalue weighted by atomic mass is 32.1. The fourth-order valence-corrected chi connectivity index (χ4v) is 5.17. The highest BCUT2D eigenvalue weighted by Gasteiger charge is 2.38. The first-order valence-corrected chi connectivity index (χ1v) is 13.2. The van der Waals surface area contributed by atoms with Crippen molar-refractivity contribution in [2.45, 2.75) is 19.1 Å². The third-order valence-corrected chi connectivity index (χ3v) is 7.26. The lowest BCUT2D eigenvalue weighted by atomic mass is 10.1. The molecule has 1 aliphatic rings. The van der Waals surface area contributed by atoms with E-state index in [0.29, 0.717) is 24.5 Å². The van der Waals surface area contributed by atoms with Gasteiger partial charge in [0.25, 0.3) is 0 Å². The van der Waals surface area contributed by atoms with E-state index < -0.39 is 6.04 Å². The van der Waals surface area contributed by atoms with Gasteiger partial charge in [-0.2, -0.15) is 5.06 Å². The van der Waals surface area contributed by atoms with Gasteiger partial charge in [-0.25, -0.2) is 9.18 Å². The molecule has 39 heavy (non-hydrogen) atoms. The highest BCUT2D eigenvalue weighted by Crippen LogP contribution is 2.29. The Morgan fingerprint density at radius 3 is 2.41 bits per heavy atom. The van der Waals surface area contributed by atoms with Crippen molar-refractivity contribution in [3.8, 4) is 23.3 Å². The molecule has 1 unspecified atom stereocenters. The number of carbonyl (C=O) groups excluding carboxylic acids is 1. The summed E-state index contributed by atoms with van der Waals surface area (Å²) in [6.07, 6.45) is 0.705. The number of carbonyl (C=O) groups is 1. The number of para-hydroxylation sites is 1. The van der Waals surface area contributed by atoms with Gasteiger partial charge in [-0.1, -0.05) is 48.2 Å². The lowest BCUT2D eigenvalue weighted by Gasteiger charge is -2.20. The fourth-order valence-electron chi connectivity index (χ4n) is 4.26. The maximum atomic E-state index is 13.4. The molecule has 5 rings (SSSR count). The largest absolute Gasteiger partial charge is 0.493 e. The third kappa shape index (κ3) is 6.23. The van der Waals surface area contributed by atoms with Crippen LogP contribution in [0.3, 0.4) is 0 Å². The van der Waals surface area contributed by atoms with Crippen molar-refractivity contribution < 1.29 is 23.5 Å². The number of rotatable bonds is 8. The monoisotopic (exact) mass is 542 g/mol. The van der Waals surface area contributed by atoms with Crippen molar-refractivity contribution in [1.29, 1.82) is 0 Å². The number of halogens is 1. The van der Waals surface area contributed by atoms with Gasteiger partial charge in [-0.3, -0.25) is 9.74 Å². The van der Waals surface area contributed by atoms with Crippen LogP contribution >= 0.6 is 11.3 Å². The predicted octanol–water partition coefficient (Wildman–Crippen LogP) is 6.29. The molecule has 0 aliphatic carbocycles. The summed E-state index contributed by atoms with van der Waals surface area (Å²) in [5.74, 6) is 7.43. The second-order valence-electron chi connectivity index (χ2n) is 8.87. The first-order chi connectivity index (χ1) is 19.0. The minimum Gasteiger partial charge on any atom is -0.493 e. The SMILES string of the molecule is COc1ccc(CON2C(=O)N(c3ccccc3)CC2C#Cc2ccc(Cc3ccc(F)cc3)s2)cc1OC. The van der Waals surface area contributed by atoms with Crippen LogP contribution in [-0.4, -0.2) is 37.9 Å². The lowest BCUT2D eigenvalue weighted by Crippen LogP contribution is -2.34. The molecule has 1 saturated heterocycles. The molecule has 4 aromatic rings. The molecular formula is C31H27FN2O4S. The van der Waals surface area contributed by atoms with Crippen LogP contribution in [0.15, 0.2) is 84.9 Å². The number of benzene rings is 3. The van der Waals surface area contributed by atoms with Crippen molar-refractivity contribution in [3.63, 3.8) is 0 Å². The smallest absolute Gasteiger partial charge is 0.349 e. The number of urea groups is 1. The second-order valence-corrected chi connectivity index (χ2v) is 10.0. The maximum Gasteiger partial charge on any atom is 0.349 e. The maximum absolute atomic E-state index is 13.4. The van der Waals surface area contributed by atoms with Gasteiger partial charge in [0.15, 0.2) is 11.5 Å². The Balaban J connectivity index is 1.34. The Morgan fingerprint density at radius 2 is 1.67 bits per heavy atom. The Kier molecular flexibility index (Phi) is 8.11. The average Bonchev–Trinajstić information content (AvgIpc) is 3.55. The van der Waals surface area contributed by atoms with Gasteiger partial charge in [-0.15, -0.1) is 11.3 Å². The molecule has 0 saturated carbocycles. The molecule has 0 bridgehead atoms. The zero-order valence-electron chi connectivity index (χ0n) is 21.6. The number of hydroxylamine groups is 2. The number of hydrogen-bond donors (Lipinski definition) is 0. The number of ether oxygens (including phenoxy) is 2. The van der Waals surface area contributed by atoms with Crippen molar-refractivity contribution in [2.75, 3.05) is 25.7 Å². The minimum atomic E-state index is -0.472. The van der Waals surface area contributed by atoms with Gasteiger partial charge in [-0.05, 0) is 59.7 Å². The zero-order chi connectivity index (χ0) is 27.2. The molecule has 0 radical (unpaired) electrons. The van der Waals surface area contributed by atoms with Crippen LogP contribution in [-0.2, 0) is 17.9 Å². The third-order valence-electron chi connectivity index (χ3n) is 6.26. The molecule has 8 heteroatoms. The van der Waals surface area contributed by atoms with Crippen LogP contribution in [0, 0.1) is 17.7 Å². The van der Waals surface area contributed by atoms with Crippen LogP contribution in [0.5, 0.6) is 11.5 Å². The predicted molar refractivity (Wildman–Crippen MR) is 150 cm³/mol. The van der Waals surface area contributed by atoms with Gasteiger partial charge >= 0.3 is 6.03 Å². The summed E-state index contributed by atoms with van der Waals surface area (Å²) in [6.45, 7) is 0.531. The minimum absolute atomic E-state index is 0.160. The van der Waals surface area contributed by atoms with E-state index in [9.17, 15) is 9.18 Å². The quantitative estimate of drug-likeness (QED) is 0.246. The molecule has 2 heterocycles. The molecule has 1 aliphatic heterocycles. The van der Waals surface area contributed by atoms with Crippen LogP contribution in [0.1, 0.15) is 20.9 Å². The summed E-state index contributed by atoms with van der Waals surface area (Å²) < 4.78 is 23.9. The molecule has 1 fully saturated rings. The number of methoxy groups -OCH3 is 2. The summed E-state index contributed by atoms with van der Waals surface area (Å²) >= 11 is 1.58. The lowest BCUT2D eigenvalue weighted by molar-refractivity contribution is -0.128. The van der Waals surface area contributed by atoms with E-state index in [1.165, 1.54) is 17.2 Å². The Labute approximate surface area is 231 Å². The number of nitrogens with zero attached hydrogens (tertiary/aromatic N) is 2. The molecule has 1 aromatic heterocycles. The molecule has 198 valence electrons. The summed E-state index contributed by atoms with van der Waals surface area (Å²) in [4.78, 5) is 23.1. The van der Waals surface area contributed by atoms with Gasteiger partial charge < -0.3 is 9.47 Å². The van der Waals surface area contributed by atoms with Gasteiger partial charge in [0.2, 0.25) is 0 Å². The fraction of sp³-hybridized carbons (Fsp3) is 0.194. The van der Waals surface area contributed by atoms with Gasteiger partial charge in [0.1, 0.15) is 18.5 Å². The van der Waals surface area contributed by atoms with Gasteiger partial charge in [0.05, 0.1) is 25.6 Å². The zero-order valence-corrected chi connectivity index (χ0v) is 22.4. The molecule has 1 atom stereocenters. The molecular weight excluding hydrogens is 515 g/mol. The molecule has 2 amide bonds. The first-order valence-electron chi connectivity index (χ1n) is 12.4. The normalized spacial score (nSPS) is 14.7. The first kappa shape index (κ1) is 26.3. The van der Waals surface area contributed by atoms with E-state index in [0.717, 1.165) is 26.6 Å². The Bertz CT molecular complexity index is 1490. The highest BCUT2D eigenvalue weighted by molar-refractivity contribution is 7.12. The van der Waals surface area contributed by atoms with E-state index >= 15 is 0 Å². The van der Waals surface area contributed by atoms with Crippen molar-refractivity contribution >= 4 is 23.1 Å².